The van der Waals surface area contributed by atoms with Crippen molar-refractivity contribution in [3.05, 3.63) is 34.9 Å². The highest BCUT2D eigenvalue weighted by Crippen LogP contribution is 2.38. The van der Waals surface area contributed by atoms with Crippen LogP contribution in [0.2, 0.25) is 5.02 Å². The Labute approximate surface area is 104 Å². The third-order valence-electron chi connectivity index (χ3n) is 2.82. The molecule has 0 aliphatic heterocycles. The predicted octanol–water partition coefficient (Wildman–Crippen LogP) is 1.68. The number of halogens is 1. The normalized spacial score (nSPS) is 21.9. The standard InChI is InChI=1S/C12H12ClNO3/c13-8-3-1-7(2-4-8)6-14-11(15)9-5-10(9)12(16)17/h1-4,9-10H,5-6H2,(H,14,15)(H,16,17)/t9-,10-/m1/s1. The molecule has 2 N–H and O–H groups in total. The SMILES string of the molecule is O=C(O)[C@@H]1C[C@H]1C(=O)NCc1ccc(Cl)cc1. The van der Waals surface area contributed by atoms with Gasteiger partial charge in [0.25, 0.3) is 0 Å². The first-order valence-electron chi connectivity index (χ1n) is 5.33. The quantitative estimate of drug-likeness (QED) is 0.858. The molecule has 0 aromatic heterocycles. The van der Waals surface area contributed by atoms with Crippen molar-refractivity contribution >= 4 is 23.5 Å². The van der Waals surface area contributed by atoms with E-state index in [4.69, 9.17) is 16.7 Å². The van der Waals surface area contributed by atoms with Gasteiger partial charge >= 0.3 is 5.97 Å². The number of hydrogen-bond acceptors (Lipinski definition) is 2. The van der Waals surface area contributed by atoms with Gasteiger partial charge in [0.15, 0.2) is 0 Å². The van der Waals surface area contributed by atoms with E-state index in [9.17, 15) is 9.59 Å². The molecule has 1 aromatic carbocycles. The summed E-state index contributed by atoms with van der Waals surface area (Å²) in [5.74, 6) is -1.94. The first-order chi connectivity index (χ1) is 8.08. The zero-order chi connectivity index (χ0) is 12.4. The number of carbonyl (C=O) groups excluding carboxylic acids is 1. The topological polar surface area (TPSA) is 66.4 Å². The van der Waals surface area contributed by atoms with Gasteiger partial charge in [0.05, 0.1) is 11.8 Å². The lowest BCUT2D eigenvalue weighted by atomic mass is 10.2. The first-order valence-corrected chi connectivity index (χ1v) is 5.70. The minimum Gasteiger partial charge on any atom is -0.481 e. The molecule has 0 saturated heterocycles. The van der Waals surface area contributed by atoms with Gasteiger partial charge in [-0.3, -0.25) is 9.59 Å². The number of nitrogens with one attached hydrogen (secondary N) is 1. The average molecular weight is 254 g/mol. The summed E-state index contributed by atoms with van der Waals surface area (Å²) in [6.45, 7) is 0.402. The number of aliphatic carboxylic acids is 1. The molecule has 0 unspecified atom stereocenters. The van der Waals surface area contributed by atoms with Crippen molar-refractivity contribution in [1.29, 1.82) is 0 Å². The summed E-state index contributed by atoms with van der Waals surface area (Å²) in [5, 5.41) is 12.1. The van der Waals surface area contributed by atoms with E-state index in [0.29, 0.717) is 18.0 Å². The van der Waals surface area contributed by atoms with Crippen molar-refractivity contribution < 1.29 is 14.7 Å². The van der Waals surface area contributed by atoms with Gasteiger partial charge in [-0.2, -0.15) is 0 Å². The lowest BCUT2D eigenvalue weighted by Crippen LogP contribution is -2.25. The molecule has 0 heterocycles. The molecular weight excluding hydrogens is 242 g/mol. The molecule has 0 spiro atoms. The van der Waals surface area contributed by atoms with E-state index in [2.05, 4.69) is 5.32 Å². The second-order valence-electron chi connectivity index (χ2n) is 4.13. The largest absolute Gasteiger partial charge is 0.481 e. The van der Waals surface area contributed by atoms with Crippen LogP contribution in [0, 0.1) is 11.8 Å². The van der Waals surface area contributed by atoms with Crippen molar-refractivity contribution in [3.8, 4) is 0 Å². The summed E-state index contributed by atoms with van der Waals surface area (Å²) in [5.41, 5.74) is 0.940. The van der Waals surface area contributed by atoms with Crippen LogP contribution in [0.1, 0.15) is 12.0 Å². The highest BCUT2D eigenvalue weighted by atomic mass is 35.5. The molecule has 2 atom stereocenters. The molecule has 90 valence electrons. The van der Waals surface area contributed by atoms with Gasteiger partial charge in [-0.05, 0) is 24.1 Å². The van der Waals surface area contributed by atoms with Crippen LogP contribution in [0.25, 0.3) is 0 Å². The van der Waals surface area contributed by atoms with Gasteiger partial charge in [-0.15, -0.1) is 0 Å². The molecule has 1 aromatic rings. The Hall–Kier alpha value is -1.55. The minimum absolute atomic E-state index is 0.188. The molecule has 1 aliphatic carbocycles. The molecule has 1 amide bonds. The fraction of sp³-hybridized carbons (Fsp3) is 0.333. The summed E-state index contributed by atoms with van der Waals surface area (Å²) in [7, 11) is 0. The summed E-state index contributed by atoms with van der Waals surface area (Å²) < 4.78 is 0. The first kappa shape index (κ1) is 11.9. The van der Waals surface area contributed by atoms with Crippen molar-refractivity contribution in [2.24, 2.45) is 11.8 Å². The number of amides is 1. The lowest BCUT2D eigenvalue weighted by Gasteiger charge is -2.04. The number of carboxylic acid groups (broad SMARTS) is 1. The molecule has 1 fully saturated rings. The number of rotatable bonds is 4. The molecule has 1 aliphatic rings. The Kier molecular flexibility index (Phi) is 3.33. The van der Waals surface area contributed by atoms with Crippen LogP contribution in [0.15, 0.2) is 24.3 Å². The zero-order valence-electron chi connectivity index (χ0n) is 9.02. The van der Waals surface area contributed by atoms with E-state index in [-0.39, 0.29) is 11.8 Å². The van der Waals surface area contributed by atoms with Crippen LogP contribution < -0.4 is 5.32 Å². The number of hydrogen-bond donors (Lipinski definition) is 2. The van der Waals surface area contributed by atoms with Crippen LogP contribution in [0.5, 0.6) is 0 Å². The maximum Gasteiger partial charge on any atom is 0.307 e. The summed E-state index contributed by atoms with van der Waals surface area (Å²) in [6, 6.07) is 7.15. The third-order valence-corrected chi connectivity index (χ3v) is 3.08. The van der Waals surface area contributed by atoms with Gasteiger partial charge in [-0.1, -0.05) is 23.7 Å². The number of carbonyl (C=O) groups is 2. The molecule has 0 bridgehead atoms. The molecule has 17 heavy (non-hydrogen) atoms. The van der Waals surface area contributed by atoms with Gasteiger partial charge in [0.1, 0.15) is 0 Å². The molecular formula is C12H12ClNO3. The van der Waals surface area contributed by atoms with Crippen LogP contribution in [-0.2, 0) is 16.1 Å². The molecule has 5 heteroatoms. The van der Waals surface area contributed by atoms with Gasteiger partial charge in [-0.25, -0.2) is 0 Å². The summed E-state index contributed by atoms with van der Waals surface area (Å²) >= 11 is 5.74. The Morgan fingerprint density at radius 1 is 1.29 bits per heavy atom. The van der Waals surface area contributed by atoms with E-state index in [1.807, 2.05) is 12.1 Å². The number of carboxylic acids is 1. The van der Waals surface area contributed by atoms with Crippen LogP contribution in [0.4, 0.5) is 0 Å². The Morgan fingerprint density at radius 2 is 1.94 bits per heavy atom. The second-order valence-corrected chi connectivity index (χ2v) is 4.57. The predicted molar refractivity (Wildman–Crippen MR) is 62.5 cm³/mol. The summed E-state index contributed by atoms with van der Waals surface area (Å²) in [6.07, 6.45) is 0.446. The zero-order valence-corrected chi connectivity index (χ0v) is 9.78. The molecule has 0 radical (unpaired) electrons. The third kappa shape index (κ3) is 2.97. The van der Waals surface area contributed by atoms with Crippen molar-refractivity contribution in [1.82, 2.24) is 5.32 Å². The van der Waals surface area contributed by atoms with Gasteiger partial charge < -0.3 is 10.4 Å². The van der Waals surface area contributed by atoms with E-state index < -0.39 is 11.9 Å². The monoisotopic (exact) mass is 253 g/mol. The van der Waals surface area contributed by atoms with Crippen LogP contribution in [0.3, 0.4) is 0 Å². The van der Waals surface area contributed by atoms with E-state index >= 15 is 0 Å². The van der Waals surface area contributed by atoms with Gasteiger partial charge in [0.2, 0.25) is 5.91 Å². The maximum absolute atomic E-state index is 11.6. The van der Waals surface area contributed by atoms with Crippen molar-refractivity contribution in [2.45, 2.75) is 13.0 Å². The molecule has 2 rings (SSSR count). The van der Waals surface area contributed by atoms with E-state index in [1.54, 1.807) is 12.1 Å². The fourth-order valence-corrected chi connectivity index (χ4v) is 1.81. The average Bonchev–Trinajstić information content (AvgIpc) is 3.08. The van der Waals surface area contributed by atoms with E-state index in [0.717, 1.165) is 5.56 Å². The highest BCUT2D eigenvalue weighted by molar-refractivity contribution is 6.30. The number of benzene rings is 1. The minimum atomic E-state index is -0.892. The molecule has 4 nitrogen and oxygen atoms in total. The highest BCUT2D eigenvalue weighted by Gasteiger charge is 2.48. The van der Waals surface area contributed by atoms with Crippen molar-refractivity contribution in [3.63, 3.8) is 0 Å². The van der Waals surface area contributed by atoms with Crippen molar-refractivity contribution in [2.75, 3.05) is 0 Å². The Morgan fingerprint density at radius 3 is 2.47 bits per heavy atom. The second kappa shape index (κ2) is 4.75. The molecule has 1 saturated carbocycles. The Bertz CT molecular complexity index is 444. The van der Waals surface area contributed by atoms with Crippen LogP contribution in [-0.4, -0.2) is 17.0 Å². The summed E-state index contributed by atoms with van der Waals surface area (Å²) in [4.78, 5) is 22.2. The van der Waals surface area contributed by atoms with Crippen LogP contribution >= 0.6 is 11.6 Å². The Balaban J connectivity index is 1.81. The maximum atomic E-state index is 11.6. The van der Waals surface area contributed by atoms with Gasteiger partial charge in [0, 0.05) is 11.6 Å². The lowest BCUT2D eigenvalue weighted by molar-refractivity contribution is -0.140. The van der Waals surface area contributed by atoms with E-state index in [1.165, 1.54) is 0 Å². The fourth-order valence-electron chi connectivity index (χ4n) is 1.68. The smallest absolute Gasteiger partial charge is 0.307 e.